The van der Waals surface area contributed by atoms with Gasteiger partial charge in [-0.3, -0.25) is 14.9 Å². The second kappa shape index (κ2) is 10.4. The minimum Gasteiger partial charge on any atom is -0.854 e. The molecule has 1 aliphatic rings. The van der Waals surface area contributed by atoms with Crippen molar-refractivity contribution < 1.29 is 23.9 Å². The van der Waals surface area contributed by atoms with Crippen molar-refractivity contribution in [2.24, 2.45) is 0 Å². The molecule has 1 amide bonds. The summed E-state index contributed by atoms with van der Waals surface area (Å²) in [5.41, 5.74) is 1.62. The molecular formula is C26H22ClN5O5S. The Labute approximate surface area is 227 Å². The summed E-state index contributed by atoms with van der Waals surface area (Å²) in [4.78, 5) is 29.3. The summed E-state index contributed by atoms with van der Waals surface area (Å²) in [5, 5.41) is 29.5. The zero-order valence-corrected chi connectivity index (χ0v) is 22.0. The van der Waals surface area contributed by atoms with Crippen molar-refractivity contribution in [1.82, 2.24) is 10.1 Å². The fourth-order valence-corrected chi connectivity index (χ4v) is 5.53. The maximum absolute atomic E-state index is 13.3. The number of unbranched alkanes of at least 4 members (excludes halogenated alkanes) is 1. The third-order valence-electron chi connectivity index (χ3n) is 6.10. The first-order valence-electron chi connectivity index (χ1n) is 11.9. The van der Waals surface area contributed by atoms with Crippen LogP contribution in [0, 0.1) is 10.1 Å². The van der Waals surface area contributed by atoms with Gasteiger partial charge in [-0.2, -0.15) is 0 Å². The number of nitro benzene ring substituents is 1. The van der Waals surface area contributed by atoms with Crippen LogP contribution in [0.3, 0.4) is 0 Å². The predicted octanol–water partition coefficient (Wildman–Crippen LogP) is 5.13. The molecule has 194 valence electrons. The molecule has 0 spiro atoms. The summed E-state index contributed by atoms with van der Waals surface area (Å²) in [5.74, 6) is 0.686. The number of halogens is 1. The van der Waals surface area contributed by atoms with Crippen molar-refractivity contribution in [2.75, 3.05) is 10.7 Å². The Kier molecular flexibility index (Phi) is 7.04. The van der Waals surface area contributed by atoms with E-state index in [9.17, 15) is 20.0 Å². The molecule has 12 heteroatoms. The van der Waals surface area contributed by atoms with E-state index in [1.807, 2.05) is 0 Å². The third-order valence-corrected chi connectivity index (χ3v) is 7.33. The van der Waals surface area contributed by atoms with Crippen LogP contribution in [-0.2, 0) is 4.79 Å². The van der Waals surface area contributed by atoms with Gasteiger partial charge in [-0.15, -0.1) is 0 Å². The number of rotatable bonds is 7. The van der Waals surface area contributed by atoms with Gasteiger partial charge in [-0.1, -0.05) is 48.8 Å². The molecule has 0 bridgehead atoms. The van der Waals surface area contributed by atoms with Crippen LogP contribution in [0.15, 0.2) is 64.2 Å². The first-order valence-corrected chi connectivity index (χ1v) is 13.2. The Bertz CT molecular complexity index is 1560. The molecule has 38 heavy (non-hydrogen) atoms. The number of thioether (sulfide) groups is 1. The summed E-state index contributed by atoms with van der Waals surface area (Å²) in [7, 11) is 0. The number of aromatic nitrogens is 3. The number of hydrogen-bond acceptors (Lipinski definition) is 8. The predicted molar refractivity (Wildman–Crippen MR) is 140 cm³/mol. The highest BCUT2D eigenvalue weighted by atomic mass is 35.5. The second-order valence-electron chi connectivity index (χ2n) is 8.60. The standard InChI is InChI=1S/C26H22ClN5O5S/c1-3-4-13-38-26-28-24(34)23-18-7-5-6-8-20(18)30(15(2)33)25(31(23)29-26)22-12-11-21(37-22)17-10-9-16(32(35)36)14-19(17)27/h5-12,14,25H,3-4,13H2,1-2H3. The van der Waals surface area contributed by atoms with E-state index in [0.717, 1.165) is 18.6 Å². The summed E-state index contributed by atoms with van der Waals surface area (Å²) in [6.07, 6.45) is 1.01. The van der Waals surface area contributed by atoms with E-state index in [2.05, 4.69) is 17.0 Å². The van der Waals surface area contributed by atoms with Gasteiger partial charge in [-0.05, 0) is 41.4 Å². The fraction of sp³-hybridized carbons (Fsp3) is 0.231. The molecule has 0 fully saturated rings. The van der Waals surface area contributed by atoms with Crippen LogP contribution in [0.25, 0.3) is 22.6 Å². The third kappa shape index (κ3) is 4.59. The molecule has 1 unspecified atom stereocenters. The van der Waals surface area contributed by atoms with Crippen molar-refractivity contribution in [3.63, 3.8) is 0 Å². The SMILES string of the molecule is CCCCSc1nc([O-])c2[n+](n1)C(c1ccc(-c3ccc([N+](=O)[O-])cc3Cl)o1)N(C(C)=O)c1ccccc1-2. The maximum Gasteiger partial charge on any atom is 0.325 e. The van der Waals surface area contributed by atoms with E-state index in [4.69, 9.17) is 16.0 Å². The van der Waals surface area contributed by atoms with Gasteiger partial charge < -0.3 is 9.52 Å². The number of benzene rings is 2. The quantitative estimate of drug-likeness (QED) is 0.102. The van der Waals surface area contributed by atoms with E-state index < -0.39 is 17.0 Å². The summed E-state index contributed by atoms with van der Waals surface area (Å²) < 4.78 is 7.68. The monoisotopic (exact) mass is 551 g/mol. The zero-order chi connectivity index (χ0) is 27.0. The average molecular weight is 552 g/mol. The van der Waals surface area contributed by atoms with Crippen LogP contribution in [0.1, 0.15) is 38.6 Å². The number of hydrogen-bond donors (Lipinski definition) is 0. The van der Waals surface area contributed by atoms with Crippen LogP contribution in [0.5, 0.6) is 5.88 Å². The molecule has 5 rings (SSSR count). The number of furan rings is 1. The lowest BCUT2D eigenvalue weighted by Gasteiger charge is -2.31. The van der Waals surface area contributed by atoms with E-state index >= 15 is 0 Å². The fourth-order valence-electron chi connectivity index (χ4n) is 4.36. The maximum atomic E-state index is 13.3. The van der Waals surface area contributed by atoms with E-state index in [1.54, 1.807) is 36.4 Å². The minimum absolute atomic E-state index is 0.143. The Balaban J connectivity index is 1.66. The van der Waals surface area contributed by atoms with Crippen molar-refractivity contribution in [3.8, 4) is 28.5 Å². The Morgan fingerprint density at radius 1 is 1.21 bits per heavy atom. The average Bonchev–Trinajstić information content (AvgIpc) is 3.37. The molecule has 1 aliphatic heterocycles. The number of nitrogens with zero attached hydrogens (tertiary/aromatic N) is 5. The number of carbonyl (C=O) groups excluding carboxylic acids is 1. The van der Waals surface area contributed by atoms with Crippen molar-refractivity contribution in [1.29, 1.82) is 0 Å². The van der Waals surface area contributed by atoms with Gasteiger partial charge >= 0.3 is 6.17 Å². The molecule has 2 aromatic carbocycles. The van der Waals surface area contributed by atoms with Crippen LogP contribution < -0.4 is 14.7 Å². The van der Waals surface area contributed by atoms with Crippen LogP contribution >= 0.6 is 23.4 Å². The number of carbonyl (C=O) groups is 1. The van der Waals surface area contributed by atoms with Gasteiger partial charge in [-0.25, -0.2) is 9.88 Å². The molecule has 2 aromatic heterocycles. The van der Waals surface area contributed by atoms with Gasteiger partial charge in [0, 0.05) is 35.5 Å². The molecule has 3 heterocycles. The first kappa shape index (κ1) is 25.7. The van der Waals surface area contributed by atoms with Crippen molar-refractivity contribution in [3.05, 3.63) is 75.5 Å². The Morgan fingerprint density at radius 2 is 2.00 bits per heavy atom. The lowest BCUT2D eigenvalue weighted by atomic mass is 10.0. The van der Waals surface area contributed by atoms with Gasteiger partial charge in [0.05, 0.1) is 27.1 Å². The van der Waals surface area contributed by atoms with Gasteiger partial charge in [0.2, 0.25) is 5.91 Å². The molecule has 0 saturated carbocycles. The molecule has 1 atom stereocenters. The molecular weight excluding hydrogens is 530 g/mol. The van der Waals surface area contributed by atoms with Gasteiger partial charge in [0.25, 0.3) is 16.5 Å². The van der Waals surface area contributed by atoms with E-state index in [-0.39, 0.29) is 22.3 Å². The smallest absolute Gasteiger partial charge is 0.325 e. The molecule has 10 nitrogen and oxygen atoms in total. The normalized spacial score (nSPS) is 14.2. The van der Waals surface area contributed by atoms with E-state index in [1.165, 1.54) is 46.5 Å². The number of fused-ring (bicyclic) bond motifs is 3. The van der Waals surface area contributed by atoms with Crippen LogP contribution in [0.2, 0.25) is 5.02 Å². The lowest BCUT2D eigenvalue weighted by molar-refractivity contribution is -0.765. The van der Waals surface area contributed by atoms with Crippen LogP contribution in [0.4, 0.5) is 11.4 Å². The number of non-ortho nitro benzene ring substituents is 1. The lowest BCUT2D eigenvalue weighted by Crippen LogP contribution is -2.58. The zero-order valence-electron chi connectivity index (χ0n) is 20.5. The van der Waals surface area contributed by atoms with E-state index in [0.29, 0.717) is 33.5 Å². The molecule has 0 saturated heterocycles. The molecule has 0 N–H and O–H groups in total. The largest absolute Gasteiger partial charge is 0.854 e. The highest BCUT2D eigenvalue weighted by Gasteiger charge is 2.45. The van der Waals surface area contributed by atoms with Gasteiger partial charge in [0.1, 0.15) is 5.76 Å². The van der Waals surface area contributed by atoms with Crippen molar-refractivity contribution >= 4 is 40.6 Å². The number of nitro groups is 1. The molecule has 4 aromatic rings. The Hall–Kier alpha value is -3.96. The summed E-state index contributed by atoms with van der Waals surface area (Å²) in [6, 6.07) is 14.5. The molecule has 0 aliphatic carbocycles. The number of para-hydroxylation sites is 1. The molecule has 0 radical (unpaired) electrons. The summed E-state index contributed by atoms with van der Waals surface area (Å²) in [6.45, 7) is 3.51. The summed E-state index contributed by atoms with van der Waals surface area (Å²) >= 11 is 7.71. The number of anilines is 1. The van der Waals surface area contributed by atoms with Gasteiger partial charge in [0.15, 0.2) is 5.76 Å². The Morgan fingerprint density at radius 3 is 2.71 bits per heavy atom. The van der Waals surface area contributed by atoms with Crippen LogP contribution in [-0.4, -0.2) is 26.7 Å². The minimum atomic E-state index is -0.913. The first-order chi connectivity index (χ1) is 18.3. The second-order valence-corrected chi connectivity index (χ2v) is 10.1. The topological polar surface area (TPSA) is 129 Å². The number of amides is 1. The highest BCUT2D eigenvalue weighted by molar-refractivity contribution is 7.99. The highest BCUT2D eigenvalue weighted by Crippen LogP contribution is 2.42. The van der Waals surface area contributed by atoms with Crippen molar-refractivity contribution in [2.45, 2.75) is 38.0 Å².